The van der Waals surface area contributed by atoms with Crippen LogP contribution < -0.4 is 5.38 Å². The van der Waals surface area contributed by atoms with Gasteiger partial charge in [-0.3, -0.25) is 4.98 Å². The van der Waals surface area contributed by atoms with Gasteiger partial charge in [-0.2, -0.15) is 0 Å². The molecule has 0 amide bonds. The van der Waals surface area contributed by atoms with Crippen molar-refractivity contribution in [3.63, 3.8) is 0 Å². The maximum atomic E-state index is 5.88. The van der Waals surface area contributed by atoms with Crippen molar-refractivity contribution in [1.82, 2.24) is 4.98 Å². The lowest BCUT2D eigenvalue weighted by Gasteiger charge is -2.10. The van der Waals surface area contributed by atoms with Crippen molar-refractivity contribution in [3.8, 4) is 0 Å². The first-order valence-corrected chi connectivity index (χ1v) is 9.00. The van der Waals surface area contributed by atoms with Gasteiger partial charge < -0.3 is 4.42 Å². The van der Waals surface area contributed by atoms with Crippen molar-refractivity contribution in [2.45, 2.75) is 26.1 Å². The summed E-state index contributed by atoms with van der Waals surface area (Å²) in [6, 6.07) is 4.15. The lowest BCUT2D eigenvalue weighted by molar-refractivity contribution is 0.647. The van der Waals surface area contributed by atoms with E-state index in [9.17, 15) is 0 Å². The molecule has 2 nitrogen and oxygen atoms in total. The van der Waals surface area contributed by atoms with Crippen LogP contribution in [0.15, 0.2) is 35.4 Å². The van der Waals surface area contributed by atoms with Gasteiger partial charge in [0.25, 0.3) is 0 Å². The third kappa shape index (κ3) is 2.09. The van der Waals surface area contributed by atoms with Gasteiger partial charge in [0.05, 0.1) is 5.38 Å². The van der Waals surface area contributed by atoms with E-state index >= 15 is 0 Å². The summed E-state index contributed by atoms with van der Waals surface area (Å²) in [5, 5.41) is 1.12. The zero-order chi connectivity index (χ0) is 11.8. The van der Waals surface area contributed by atoms with Crippen LogP contribution in [0.25, 0.3) is 11.1 Å². The largest absolute Gasteiger partial charge is 0.465 e. The van der Waals surface area contributed by atoms with Crippen LogP contribution in [0.2, 0.25) is 19.6 Å². The van der Waals surface area contributed by atoms with Crippen molar-refractivity contribution < 1.29 is 4.42 Å². The van der Waals surface area contributed by atoms with Gasteiger partial charge in [-0.1, -0.05) is 25.7 Å². The molecule has 0 bridgehead atoms. The molecule has 2 aromatic rings. The summed E-state index contributed by atoms with van der Waals surface area (Å²) in [5.74, 6) is 0. The average molecular weight is 231 g/mol. The summed E-state index contributed by atoms with van der Waals surface area (Å²) in [7, 11) is -1.38. The molecule has 2 aromatic heterocycles. The molecule has 0 fully saturated rings. The number of nitrogens with zero attached hydrogens (tertiary/aromatic N) is 1. The Balaban J connectivity index is 2.50. The molecule has 0 aromatic carbocycles. The van der Waals surface area contributed by atoms with Crippen LogP contribution in [0, 0.1) is 0 Å². The Labute approximate surface area is 97.0 Å². The Bertz CT molecular complexity index is 522. The molecule has 0 saturated carbocycles. The minimum atomic E-state index is -1.38. The van der Waals surface area contributed by atoms with E-state index < -0.39 is 8.07 Å². The van der Waals surface area contributed by atoms with Crippen LogP contribution in [0.1, 0.15) is 5.56 Å². The highest BCUT2D eigenvalue weighted by molar-refractivity contribution is 6.87. The van der Waals surface area contributed by atoms with Gasteiger partial charge in [0.1, 0.15) is 13.6 Å². The number of fused-ring (bicyclic) bond motifs is 1. The number of furan rings is 1. The second kappa shape index (κ2) is 3.90. The maximum Gasteiger partial charge on any atom is 0.152 e. The van der Waals surface area contributed by atoms with E-state index in [1.807, 2.05) is 12.3 Å². The second-order valence-electron chi connectivity index (χ2n) is 5.08. The Morgan fingerprint density at radius 1 is 1.38 bits per heavy atom. The van der Waals surface area contributed by atoms with Gasteiger partial charge in [-0.15, -0.1) is 6.58 Å². The molecular weight excluding hydrogens is 214 g/mol. The highest BCUT2D eigenvalue weighted by Gasteiger charge is 2.21. The predicted molar refractivity (Wildman–Crippen MR) is 70.9 cm³/mol. The van der Waals surface area contributed by atoms with Gasteiger partial charge >= 0.3 is 0 Å². The zero-order valence-electron chi connectivity index (χ0n) is 10.1. The number of aromatic nitrogens is 1. The molecule has 0 saturated heterocycles. The first-order chi connectivity index (χ1) is 7.50. The maximum absolute atomic E-state index is 5.88. The fourth-order valence-electron chi connectivity index (χ4n) is 1.61. The van der Waals surface area contributed by atoms with Gasteiger partial charge in [-0.05, 0) is 18.1 Å². The van der Waals surface area contributed by atoms with E-state index in [2.05, 4.69) is 43.3 Å². The van der Waals surface area contributed by atoms with Crippen LogP contribution in [-0.2, 0) is 6.42 Å². The molecule has 2 heterocycles. The average Bonchev–Trinajstić information content (AvgIpc) is 2.60. The van der Waals surface area contributed by atoms with Gasteiger partial charge in [0.2, 0.25) is 0 Å². The zero-order valence-corrected chi connectivity index (χ0v) is 11.1. The number of hydrogen-bond donors (Lipinski definition) is 0. The number of rotatable bonds is 3. The summed E-state index contributed by atoms with van der Waals surface area (Å²) in [4.78, 5) is 4.41. The smallest absolute Gasteiger partial charge is 0.152 e. The summed E-state index contributed by atoms with van der Waals surface area (Å²) in [6.45, 7) is 10.5. The SMILES string of the molecule is C=CCc1cnc2cc([Si](C)(C)C)oc2c1. The van der Waals surface area contributed by atoms with E-state index in [-0.39, 0.29) is 0 Å². The highest BCUT2D eigenvalue weighted by atomic mass is 28.3. The quantitative estimate of drug-likeness (QED) is 0.599. The first kappa shape index (κ1) is 11.1. The molecule has 0 N–H and O–H groups in total. The molecule has 16 heavy (non-hydrogen) atoms. The predicted octanol–water partition coefficient (Wildman–Crippen LogP) is 3.10. The molecule has 84 valence electrons. The normalized spacial score (nSPS) is 11.9. The van der Waals surface area contributed by atoms with Gasteiger partial charge in [0.15, 0.2) is 5.58 Å². The molecule has 0 unspecified atom stereocenters. The van der Waals surface area contributed by atoms with E-state index in [0.29, 0.717) is 0 Å². The number of pyridine rings is 1. The van der Waals surface area contributed by atoms with Gasteiger partial charge in [-0.25, -0.2) is 0 Å². The Morgan fingerprint density at radius 2 is 2.12 bits per heavy atom. The molecule has 3 heteroatoms. The number of hydrogen-bond acceptors (Lipinski definition) is 2. The van der Waals surface area contributed by atoms with Crippen molar-refractivity contribution in [3.05, 3.63) is 36.5 Å². The van der Waals surface area contributed by atoms with E-state index in [1.165, 1.54) is 0 Å². The van der Waals surface area contributed by atoms with E-state index in [0.717, 1.165) is 28.5 Å². The van der Waals surface area contributed by atoms with Gasteiger partial charge in [0, 0.05) is 12.3 Å². The molecule has 0 aliphatic carbocycles. The molecule has 0 aliphatic rings. The molecule has 2 rings (SSSR count). The first-order valence-electron chi connectivity index (χ1n) is 5.50. The second-order valence-corrected chi connectivity index (χ2v) is 10.1. The molecular formula is C13H17NOSi. The van der Waals surface area contributed by atoms with Crippen LogP contribution in [0.3, 0.4) is 0 Å². The third-order valence-corrected chi connectivity index (χ3v) is 4.27. The molecule has 0 radical (unpaired) electrons. The Kier molecular flexibility index (Phi) is 2.72. The Morgan fingerprint density at radius 3 is 2.75 bits per heavy atom. The Hall–Kier alpha value is -1.35. The minimum absolute atomic E-state index is 0.839. The fourth-order valence-corrected chi connectivity index (χ4v) is 2.59. The van der Waals surface area contributed by atoms with Crippen LogP contribution in [0.4, 0.5) is 0 Å². The lowest BCUT2D eigenvalue weighted by Crippen LogP contribution is -2.36. The third-order valence-electron chi connectivity index (χ3n) is 2.55. The topological polar surface area (TPSA) is 26.0 Å². The van der Waals surface area contributed by atoms with E-state index in [4.69, 9.17) is 4.42 Å². The van der Waals surface area contributed by atoms with Crippen molar-refractivity contribution in [2.75, 3.05) is 0 Å². The summed E-state index contributed by atoms with van der Waals surface area (Å²) >= 11 is 0. The summed E-state index contributed by atoms with van der Waals surface area (Å²) in [5.41, 5.74) is 3.01. The molecule has 0 aliphatic heterocycles. The fraction of sp³-hybridized carbons (Fsp3) is 0.308. The lowest BCUT2D eigenvalue weighted by atomic mass is 10.2. The van der Waals surface area contributed by atoms with Crippen LogP contribution in [-0.4, -0.2) is 13.1 Å². The molecule has 0 atom stereocenters. The van der Waals surface area contributed by atoms with Crippen molar-refractivity contribution in [2.24, 2.45) is 0 Å². The van der Waals surface area contributed by atoms with Crippen LogP contribution >= 0.6 is 0 Å². The monoisotopic (exact) mass is 231 g/mol. The standard InChI is InChI=1S/C13H17NOSi/c1-5-6-10-7-12-11(14-9-10)8-13(15-12)16(2,3)4/h5,7-9H,1,6H2,2-4H3. The van der Waals surface area contributed by atoms with Crippen molar-refractivity contribution >= 4 is 24.6 Å². The molecule has 0 spiro atoms. The minimum Gasteiger partial charge on any atom is -0.465 e. The summed E-state index contributed by atoms with van der Waals surface area (Å²) in [6.07, 6.45) is 4.62. The van der Waals surface area contributed by atoms with E-state index in [1.54, 1.807) is 0 Å². The van der Waals surface area contributed by atoms with Crippen molar-refractivity contribution in [1.29, 1.82) is 0 Å². The number of allylic oxidation sites excluding steroid dienone is 1. The summed E-state index contributed by atoms with van der Waals surface area (Å²) < 4.78 is 5.88. The van der Waals surface area contributed by atoms with Crippen LogP contribution in [0.5, 0.6) is 0 Å². The highest BCUT2D eigenvalue weighted by Crippen LogP contribution is 2.16.